The number of amides is 2. The molecular weight excluding hydrogens is 554 g/mol. The van der Waals surface area contributed by atoms with E-state index >= 15 is 0 Å². The molecule has 2 amide bonds. The fourth-order valence-electron chi connectivity index (χ4n) is 5.47. The summed E-state index contributed by atoms with van der Waals surface area (Å²) >= 11 is 6.19. The lowest BCUT2D eigenvalue weighted by molar-refractivity contribution is 0.0818. The first-order valence-electron chi connectivity index (χ1n) is 14.0. The van der Waals surface area contributed by atoms with E-state index in [2.05, 4.69) is 20.2 Å². The third kappa shape index (κ3) is 6.17. The average molecular weight is 588 g/mol. The van der Waals surface area contributed by atoms with Crippen molar-refractivity contribution in [2.45, 2.75) is 25.3 Å². The Morgan fingerprint density at radius 1 is 1.12 bits per heavy atom. The number of anilines is 1. The molecule has 0 bridgehead atoms. The number of fused-ring (bicyclic) bond motifs is 1. The van der Waals surface area contributed by atoms with Crippen LogP contribution in [-0.2, 0) is 0 Å². The molecular formula is C32H34ClN5O4. The van der Waals surface area contributed by atoms with Gasteiger partial charge in [-0.2, -0.15) is 0 Å². The van der Waals surface area contributed by atoms with Crippen molar-refractivity contribution < 1.29 is 14.7 Å². The van der Waals surface area contributed by atoms with Gasteiger partial charge in [-0.15, -0.1) is 0 Å². The number of piperidine rings is 1. The van der Waals surface area contributed by atoms with E-state index in [0.717, 1.165) is 38.2 Å². The number of carbonyl (C=O) groups excluding carboxylic acids is 2. The Balaban J connectivity index is 1.50. The summed E-state index contributed by atoms with van der Waals surface area (Å²) < 4.78 is 0. The summed E-state index contributed by atoms with van der Waals surface area (Å²) in [6, 6.07) is 16.6. The van der Waals surface area contributed by atoms with E-state index < -0.39 is 17.9 Å². The second-order valence-electron chi connectivity index (χ2n) is 10.8. The van der Waals surface area contributed by atoms with Gasteiger partial charge in [0.1, 0.15) is 11.5 Å². The molecule has 5 rings (SSSR count). The molecule has 1 aliphatic heterocycles. The summed E-state index contributed by atoms with van der Waals surface area (Å²) in [6.07, 6.45) is 4.33. The number of aromatic amines is 1. The van der Waals surface area contributed by atoms with E-state index in [-0.39, 0.29) is 23.3 Å². The van der Waals surface area contributed by atoms with Gasteiger partial charge < -0.3 is 25.2 Å². The van der Waals surface area contributed by atoms with Crippen LogP contribution in [-0.4, -0.2) is 65.6 Å². The van der Waals surface area contributed by atoms with Crippen LogP contribution in [0.4, 0.5) is 5.82 Å². The summed E-state index contributed by atoms with van der Waals surface area (Å²) in [6.45, 7) is 1.90. The zero-order chi connectivity index (χ0) is 29.8. The molecule has 0 aliphatic carbocycles. The quantitative estimate of drug-likeness (QED) is 0.281. The Morgan fingerprint density at radius 2 is 1.86 bits per heavy atom. The molecule has 1 fully saturated rings. The minimum absolute atomic E-state index is 0.0759. The van der Waals surface area contributed by atoms with Gasteiger partial charge in [0.05, 0.1) is 22.7 Å². The van der Waals surface area contributed by atoms with Crippen LogP contribution in [0.5, 0.6) is 0 Å². The molecule has 9 nitrogen and oxygen atoms in total. The molecule has 0 radical (unpaired) electrons. The van der Waals surface area contributed by atoms with Gasteiger partial charge in [0, 0.05) is 50.4 Å². The summed E-state index contributed by atoms with van der Waals surface area (Å²) in [4.78, 5) is 52.2. The van der Waals surface area contributed by atoms with Crippen LogP contribution in [0.2, 0.25) is 5.02 Å². The smallest absolute Gasteiger partial charge is 0.270 e. The monoisotopic (exact) mass is 587 g/mol. The first-order valence-corrected chi connectivity index (χ1v) is 14.4. The van der Waals surface area contributed by atoms with Crippen molar-refractivity contribution in [3.8, 4) is 0 Å². The number of halogens is 1. The lowest BCUT2D eigenvalue weighted by atomic mass is 9.94. The zero-order valence-electron chi connectivity index (χ0n) is 23.6. The lowest BCUT2D eigenvalue weighted by Gasteiger charge is -2.32. The van der Waals surface area contributed by atoms with Crippen LogP contribution in [0, 0.1) is 5.92 Å². The molecule has 1 atom stereocenters. The second-order valence-corrected chi connectivity index (χ2v) is 11.2. The highest BCUT2D eigenvalue weighted by atomic mass is 35.5. The highest BCUT2D eigenvalue weighted by Gasteiger charge is 2.29. The van der Waals surface area contributed by atoms with Crippen LogP contribution < -0.4 is 15.6 Å². The highest BCUT2D eigenvalue weighted by Crippen LogP contribution is 2.27. The minimum atomic E-state index is -0.924. The fourth-order valence-corrected chi connectivity index (χ4v) is 5.64. The van der Waals surface area contributed by atoms with Gasteiger partial charge in [-0.3, -0.25) is 14.4 Å². The normalized spacial score (nSPS) is 14.5. The molecule has 0 spiro atoms. The maximum absolute atomic E-state index is 14.0. The highest BCUT2D eigenvalue weighted by molar-refractivity contribution is 6.31. The number of H-pyrrole nitrogens is 1. The number of aliphatic hydroxyl groups excluding tert-OH is 1. The van der Waals surface area contributed by atoms with Crippen molar-refractivity contribution in [3.05, 3.63) is 104 Å². The second kappa shape index (κ2) is 12.8. The number of hydrogen-bond acceptors (Lipinski definition) is 6. The Labute approximate surface area is 249 Å². The van der Waals surface area contributed by atoms with Gasteiger partial charge in [0.15, 0.2) is 5.43 Å². The molecule has 10 heteroatoms. The third-order valence-electron chi connectivity index (χ3n) is 7.80. The van der Waals surface area contributed by atoms with E-state index in [9.17, 15) is 19.5 Å². The summed E-state index contributed by atoms with van der Waals surface area (Å²) in [5.41, 5.74) is 1.25. The summed E-state index contributed by atoms with van der Waals surface area (Å²) in [5, 5.41) is 13.0. The molecule has 2 aromatic carbocycles. The van der Waals surface area contributed by atoms with Crippen molar-refractivity contribution in [2.24, 2.45) is 5.92 Å². The molecule has 42 heavy (non-hydrogen) atoms. The molecule has 218 valence electrons. The lowest BCUT2D eigenvalue weighted by Crippen LogP contribution is -2.36. The van der Waals surface area contributed by atoms with Gasteiger partial charge >= 0.3 is 0 Å². The van der Waals surface area contributed by atoms with E-state index in [1.165, 1.54) is 11.1 Å². The Hall–Kier alpha value is -4.21. The number of hydrogen-bond donors (Lipinski definition) is 3. The minimum Gasteiger partial charge on any atom is -0.396 e. The molecule has 2 aromatic heterocycles. The maximum atomic E-state index is 14.0. The number of nitrogens with zero attached hydrogens (tertiary/aromatic N) is 3. The van der Waals surface area contributed by atoms with Crippen LogP contribution in [0.15, 0.2) is 71.7 Å². The van der Waals surface area contributed by atoms with Crippen LogP contribution in [0.1, 0.15) is 57.3 Å². The van der Waals surface area contributed by atoms with Gasteiger partial charge in [-0.05, 0) is 61.1 Å². The van der Waals surface area contributed by atoms with E-state index in [1.54, 1.807) is 38.4 Å². The molecule has 4 aromatic rings. The standard InChI is InChI=1S/C32H34ClN5O4/c1-37(2)32(42)29-27(30(40)24-10-9-23(33)18-25(24)35-29)28(21-6-4-3-5-7-21)36-31(41)22-8-11-26(34-19-22)38-15-12-20(13-16-38)14-17-39/h3-11,18-20,28,39H,12-17H2,1-2H3,(H,35,40)(H,36,41). The van der Waals surface area contributed by atoms with Crippen molar-refractivity contribution in [3.63, 3.8) is 0 Å². The van der Waals surface area contributed by atoms with E-state index in [0.29, 0.717) is 33.0 Å². The Bertz CT molecular complexity index is 1630. The molecule has 1 aliphatic rings. The van der Waals surface area contributed by atoms with Crippen molar-refractivity contribution in [2.75, 3.05) is 38.7 Å². The first kappa shape index (κ1) is 29.3. The topological polar surface area (TPSA) is 119 Å². The molecule has 3 heterocycles. The van der Waals surface area contributed by atoms with Gasteiger partial charge in [0.25, 0.3) is 11.8 Å². The number of rotatable bonds is 8. The van der Waals surface area contributed by atoms with E-state index in [4.69, 9.17) is 11.6 Å². The molecule has 1 saturated heterocycles. The summed E-state index contributed by atoms with van der Waals surface area (Å²) in [7, 11) is 3.20. The van der Waals surface area contributed by atoms with Gasteiger partial charge in [0.2, 0.25) is 0 Å². The van der Waals surface area contributed by atoms with Crippen LogP contribution >= 0.6 is 11.6 Å². The van der Waals surface area contributed by atoms with Crippen LogP contribution in [0.25, 0.3) is 10.9 Å². The van der Waals surface area contributed by atoms with Gasteiger partial charge in [-0.25, -0.2) is 4.98 Å². The number of benzene rings is 2. The Kier molecular flexibility index (Phi) is 8.89. The largest absolute Gasteiger partial charge is 0.396 e. The predicted octanol–water partition coefficient (Wildman–Crippen LogP) is 4.40. The number of pyridine rings is 2. The average Bonchev–Trinajstić information content (AvgIpc) is 3.00. The molecule has 0 saturated carbocycles. The molecule has 3 N–H and O–H groups in total. The van der Waals surface area contributed by atoms with Crippen molar-refractivity contribution in [1.82, 2.24) is 20.2 Å². The third-order valence-corrected chi connectivity index (χ3v) is 8.04. The van der Waals surface area contributed by atoms with Crippen molar-refractivity contribution >= 4 is 40.1 Å². The fraction of sp³-hybridized carbons (Fsp3) is 0.312. The Morgan fingerprint density at radius 3 is 2.50 bits per heavy atom. The SMILES string of the molecule is CN(C)C(=O)c1[nH]c2cc(Cl)ccc2c(=O)c1C(NC(=O)c1ccc(N2CCC(CCO)CC2)nc1)c1ccccc1. The van der Waals surface area contributed by atoms with E-state index in [1.807, 2.05) is 36.4 Å². The first-order chi connectivity index (χ1) is 20.3. The number of carbonyl (C=O) groups is 2. The van der Waals surface area contributed by atoms with Crippen molar-refractivity contribution in [1.29, 1.82) is 0 Å². The maximum Gasteiger partial charge on any atom is 0.270 e. The molecule has 1 unspecified atom stereocenters. The number of aliphatic hydroxyl groups is 1. The van der Waals surface area contributed by atoms with Gasteiger partial charge in [-0.1, -0.05) is 41.9 Å². The summed E-state index contributed by atoms with van der Waals surface area (Å²) in [5.74, 6) is 0.471. The zero-order valence-corrected chi connectivity index (χ0v) is 24.4. The van der Waals surface area contributed by atoms with Crippen LogP contribution in [0.3, 0.4) is 0 Å². The number of nitrogens with one attached hydrogen (secondary N) is 2. The number of aromatic nitrogens is 2. The predicted molar refractivity (Wildman–Crippen MR) is 164 cm³/mol.